The number of hydroxylamine groups is 1. The van der Waals surface area contributed by atoms with Crippen LogP contribution < -0.4 is 15.1 Å². The fourth-order valence-electron chi connectivity index (χ4n) is 2.94. The zero-order chi connectivity index (χ0) is 19.2. The van der Waals surface area contributed by atoms with Crippen LogP contribution in [0.1, 0.15) is 19.0 Å². The molecule has 1 unspecified atom stereocenters. The van der Waals surface area contributed by atoms with Gasteiger partial charge in [0, 0.05) is 25.0 Å². The summed E-state index contributed by atoms with van der Waals surface area (Å²) in [5.41, 5.74) is 3.16. The normalized spacial score (nSPS) is 15.4. The van der Waals surface area contributed by atoms with Crippen molar-refractivity contribution in [2.45, 2.75) is 26.0 Å². The lowest BCUT2D eigenvalue weighted by Gasteiger charge is -2.38. The van der Waals surface area contributed by atoms with Crippen LogP contribution in [0.4, 0.5) is 10.5 Å². The molecule has 3 rings (SSSR count). The van der Waals surface area contributed by atoms with E-state index in [2.05, 4.69) is 4.98 Å². The average Bonchev–Trinajstić information content (AvgIpc) is 2.72. The van der Waals surface area contributed by atoms with Crippen LogP contribution in [0.5, 0.6) is 5.75 Å². The van der Waals surface area contributed by atoms with Gasteiger partial charge in [-0.2, -0.15) is 0 Å². The molecular weight excluding hydrogens is 348 g/mol. The minimum atomic E-state index is -0.744. The standard InChI is InChI=1S/C19H22N4O4/c1-14(18(24)21-26)22-11-4-12-23(19(22)25)16-6-8-17(9-7-16)27-13-15-5-2-3-10-20-15/h2-3,5-10,14,26H,4,11-13H2,1H3,(H,21,24). The van der Waals surface area contributed by atoms with Crippen molar-refractivity contribution >= 4 is 17.6 Å². The molecule has 2 heterocycles. The molecule has 142 valence electrons. The first-order valence-corrected chi connectivity index (χ1v) is 8.75. The van der Waals surface area contributed by atoms with Crippen LogP contribution in [0.15, 0.2) is 48.7 Å². The van der Waals surface area contributed by atoms with E-state index in [1.54, 1.807) is 35.6 Å². The van der Waals surface area contributed by atoms with Crippen molar-refractivity contribution in [2.75, 3.05) is 18.0 Å². The lowest BCUT2D eigenvalue weighted by atomic mass is 10.2. The fourth-order valence-corrected chi connectivity index (χ4v) is 2.94. The Morgan fingerprint density at radius 1 is 1.26 bits per heavy atom. The first-order valence-electron chi connectivity index (χ1n) is 8.75. The summed E-state index contributed by atoms with van der Waals surface area (Å²) >= 11 is 0. The van der Waals surface area contributed by atoms with E-state index in [1.165, 1.54) is 4.90 Å². The van der Waals surface area contributed by atoms with Crippen molar-refractivity contribution in [3.63, 3.8) is 0 Å². The van der Waals surface area contributed by atoms with Gasteiger partial charge < -0.3 is 9.64 Å². The highest BCUT2D eigenvalue weighted by atomic mass is 16.5. The van der Waals surface area contributed by atoms with E-state index in [4.69, 9.17) is 9.94 Å². The minimum Gasteiger partial charge on any atom is -0.487 e. The molecule has 1 atom stereocenters. The van der Waals surface area contributed by atoms with Crippen molar-refractivity contribution in [1.82, 2.24) is 15.4 Å². The molecule has 1 saturated heterocycles. The molecule has 2 N–H and O–H groups in total. The van der Waals surface area contributed by atoms with Crippen LogP contribution in [0.25, 0.3) is 0 Å². The molecule has 3 amide bonds. The summed E-state index contributed by atoms with van der Waals surface area (Å²) < 4.78 is 5.71. The van der Waals surface area contributed by atoms with Gasteiger partial charge >= 0.3 is 6.03 Å². The predicted molar refractivity (Wildman–Crippen MR) is 98.5 cm³/mol. The molecule has 1 fully saturated rings. The quantitative estimate of drug-likeness (QED) is 0.600. The van der Waals surface area contributed by atoms with Gasteiger partial charge in [0.1, 0.15) is 18.4 Å². The van der Waals surface area contributed by atoms with Gasteiger partial charge in [-0.05, 0) is 49.7 Å². The summed E-state index contributed by atoms with van der Waals surface area (Å²) in [6.45, 7) is 2.98. The molecule has 0 bridgehead atoms. The molecular formula is C19H22N4O4. The highest BCUT2D eigenvalue weighted by molar-refractivity contribution is 5.96. The van der Waals surface area contributed by atoms with E-state index in [0.29, 0.717) is 25.4 Å². The van der Waals surface area contributed by atoms with E-state index < -0.39 is 11.9 Å². The van der Waals surface area contributed by atoms with Gasteiger partial charge in [-0.3, -0.25) is 19.9 Å². The summed E-state index contributed by atoms with van der Waals surface area (Å²) in [6.07, 6.45) is 2.44. The van der Waals surface area contributed by atoms with Crippen LogP contribution in [0.2, 0.25) is 0 Å². The largest absolute Gasteiger partial charge is 0.487 e. The molecule has 0 aliphatic carbocycles. The lowest BCUT2D eigenvalue weighted by Crippen LogP contribution is -2.56. The Kier molecular flexibility index (Phi) is 5.87. The second-order valence-electron chi connectivity index (χ2n) is 6.24. The number of nitrogens with one attached hydrogen (secondary N) is 1. The van der Waals surface area contributed by atoms with E-state index in [0.717, 1.165) is 17.8 Å². The van der Waals surface area contributed by atoms with Crippen molar-refractivity contribution in [2.24, 2.45) is 0 Å². The molecule has 0 spiro atoms. The molecule has 0 saturated carbocycles. The number of urea groups is 1. The highest BCUT2D eigenvalue weighted by Gasteiger charge is 2.33. The van der Waals surface area contributed by atoms with Gasteiger partial charge in [-0.15, -0.1) is 0 Å². The number of carbonyl (C=O) groups excluding carboxylic acids is 2. The van der Waals surface area contributed by atoms with Crippen LogP contribution in [-0.4, -0.2) is 46.2 Å². The smallest absolute Gasteiger partial charge is 0.325 e. The number of ether oxygens (including phenoxy) is 1. The molecule has 27 heavy (non-hydrogen) atoms. The van der Waals surface area contributed by atoms with Gasteiger partial charge in [0.25, 0.3) is 5.91 Å². The van der Waals surface area contributed by atoms with E-state index in [-0.39, 0.29) is 6.03 Å². The summed E-state index contributed by atoms with van der Waals surface area (Å²) in [4.78, 5) is 31.6. The van der Waals surface area contributed by atoms with E-state index in [9.17, 15) is 9.59 Å². The Bertz CT molecular complexity index is 782. The van der Waals surface area contributed by atoms with Crippen LogP contribution >= 0.6 is 0 Å². The van der Waals surface area contributed by atoms with Gasteiger partial charge in [0.05, 0.1) is 5.69 Å². The maximum absolute atomic E-state index is 12.7. The maximum Gasteiger partial charge on any atom is 0.325 e. The van der Waals surface area contributed by atoms with Gasteiger partial charge in [0.2, 0.25) is 0 Å². The average molecular weight is 370 g/mol. The van der Waals surface area contributed by atoms with Crippen LogP contribution in [-0.2, 0) is 11.4 Å². The van der Waals surface area contributed by atoms with Crippen molar-refractivity contribution < 1.29 is 19.5 Å². The van der Waals surface area contributed by atoms with Crippen LogP contribution in [0, 0.1) is 0 Å². The first kappa shape index (κ1) is 18.7. The number of anilines is 1. The van der Waals surface area contributed by atoms with Crippen LogP contribution in [0.3, 0.4) is 0 Å². The number of aromatic nitrogens is 1. The summed E-state index contributed by atoms with van der Waals surface area (Å²) in [5.74, 6) is 0.0715. The molecule has 8 nitrogen and oxygen atoms in total. The number of rotatable bonds is 6. The number of hydrogen-bond acceptors (Lipinski definition) is 5. The number of nitrogens with zero attached hydrogens (tertiary/aromatic N) is 3. The fraction of sp³-hybridized carbons (Fsp3) is 0.316. The predicted octanol–water partition coefficient (Wildman–Crippen LogP) is 2.19. The van der Waals surface area contributed by atoms with Crippen molar-refractivity contribution in [3.8, 4) is 5.75 Å². The topological polar surface area (TPSA) is 95.0 Å². The van der Waals surface area contributed by atoms with Gasteiger partial charge in [-0.1, -0.05) is 6.07 Å². The Hall–Kier alpha value is -3.13. The zero-order valence-corrected chi connectivity index (χ0v) is 15.0. The Labute approximate surface area is 157 Å². The second kappa shape index (κ2) is 8.50. The molecule has 8 heteroatoms. The number of benzene rings is 1. The molecule has 1 aliphatic rings. The molecule has 1 aromatic heterocycles. The molecule has 1 aromatic carbocycles. The maximum atomic E-state index is 12.7. The van der Waals surface area contributed by atoms with E-state index in [1.807, 2.05) is 30.3 Å². The Balaban J connectivity index is 1.65. The summed E-state index contributed by atoms with van der Waals surface area (Å²) in [6, 6.07) is 11.9. The SMILES string of the molecule is CC(C(=O)NO)N1CCCN(c2ccc(OCc3ccccn3)cc2)C1=O. The third-order valence-corrected chi connectivity index (χ3v) is 4.48. The van der Waals surface area contributed by atoms with Crippen molar-refractivity contribution in [1.29, 1.82) is 0 Å². The summed E-state index contributed by atoms with van der Waals surface area (Å²) in [5, 5.41) is 8.80. The van der Waals surface area contributed by atoms with Crippen molar-refractivity contribution in [3.05, 3.63) is 54.4 Å². The number of pyridine rings is 1. The van der Waals surface area contributed by atoms with Gasteiger partial charge in [0.15, 0.2) is 0 Å². The third kappa shape index (κ3) is 4.35. The Morgan fingerprint density at radius 3 is 2.70 bits per heavy atom. The monoisotopic (exact) mass is 370 g/mol. The number of carbonyl (C=O) groups is 2. The minimum absolute atomic E-state index is 0.264. The Morgan fingerprint density at radius 2 is 2.04 bits per heavy atom. The zero-order valence-electron chi connectivity index (χ0n) is 15.0. The number of hydrogen-bond donors (Lipinski definition) is 2. The first-order chi connectivity index (χ1) is 13.1. The molecule has 0 radical (unpaired) electrons. The van der Waals surface area contributed by atoms with E-state index >= 15 is 0 Å². The number of amides is 3. The highest BCUT2D eigenvalue weighted by Crippen LogP contribution is 2.24. The van der Waals surface area contributed by atoms with Gasteiger partial charge in [-0.25, -0.2) is 10.3 Å². The second-order valence-corrected chi connectivity index (χ2v) is 6.24. The third-order valence-electron chi connectivity index (χ3n) is 4.48. The molecule has 1 aliphatic heterocycles. The lowest BCUT2D eigenvalue weighted by molar-refractivity contribution is -0.133. The summed E-state index contributed by atoms with van der Waals surface area (Å²) in [7, 11) is 0. The molecule has 2 aromatic rings.